The maximum absolute atomic E-state index is 13.8. The van der Waals surface area contributed by atoms with E-state index >= 15 is 0 Å². The van der Waals surface area contributed by atoms with Crippen molar-refractivity contribution in [2.45, 2.75) is 305 Å². The van der Waals surface area contributed by atoms with Crippen LogP contribution in [0.25, 0.3) is 0 Å². The Hall–Kier alpha value is 0.780. The lowest BCUT2D eigenvalue weighted by atomic mass is 9.86. The highest BCUT2D eigenvalue weighted by atomic mass is 32.5. The Morgan fingerprint density at radius 1 is 0.315 bits per heavy atom. The summed E-state index contributed by atoms with van der Waals surface area (Å²) in [6.07, 6.45) is -8.77. The lowest BCUT2D eigenvalue weighted by molar-refractivity contribution is -0.280. The maximum Gasteiger partial charge on any atom is 0.163 e. The Morgan fingerprint density at radius 2 is 0.597 bits per heavy atom. The number of hydrogen-bond donors (Lipinski definition) is 9. The van der Waals surface area contributed by atoms with E-state index in [1.807, 2.05) is 0 Å². The third kappa shape index (κ3) is 42.6. The molecule has 6 rings (SSSR count). The third-order valence-electron chi connectivity index (χ3n) is 21.5. The minimum absolute atomic E-state index is 0.0304. The van der Waals surface area contributed by atoms with Gasteiger partial charge in [-0.3, -0.25) is 14.4 Å². The van der Waals surface area contributed by atoms with Crippen LogP contribution in [0.5, 0.6) is 0 Å². The highest BCUT2D eigenvalue weighted by molar-refractivity contribution is 8.07. The Labute approximate surface area is 751 Å². The van der Waals surface area contributed by atoms with Crippen LogP contribution < -0.4 is 24.5 Å². The zero-order chi connectivity index (χ0) is 91.1. The molecule has 6 fully saturated rings. The van der Waals surface area contributed by atoms with E-state index in [1.165, 1.54) is 7.11 Å². The summed E-state index contributed by atoms with van der Waals surface area (Å²) in [5.74, 6) is -2.39. The minimum atomic E-state index is -4.42. The van der Waals surface area contributed by atoms with Gasteiger partial charge in [0.2, 0.25) is 0 Å². The van der Waals surface area contributed by atoms with Crippen LogP contribution in [0.3, 0.4) is 0 Å². The number of ether oxygens (including phenoxy) is 13. The molecule has 6 saturated heterocycles. The number of rotatable bonds is 69. The van der Waals surface area contributed by atoms with Crippen molar-refractivity contribution in [2.24, 2.45) is 23.7 Å². The molecule has 0 radical (unpaired) electrons. The van der Waals surface area contributed by atoms with Crippen LogP contribution in [0, 0.1) is 23.7 Å². The van der Waals surface area contributed by atoms with Gasteiger partial charge < -0.3 is 177 Å². The van der Waals surface area contributed by atoms with Crippen molar-refractivity contribution >= 4 is 110 Å². The molecular weight excluding hydrogens is 1840 g/mol. The smallest absolute Gasteiger partial charge is 0.163 e. The van der Waals surface area contributed by atoms with E-state index in [4.69, 9.17) is 166 Å². The number of methoxy groups -OCH3 is 1. The predicted molar refractivity (Wildman–Crippen MR) is 448 cm³/mol. The average molecular weight is 1980 g/mol. The normalized spacial score (nSPS) is 33.0. The third-order valence-corrected chi connectivity index (χ3v) is 29.5. The Balaban J connectivity index is 0.902. The second kappa shape index (κ2) is 59.7. The minimum Gasteiger partial charge on any atom is -0.780 e. The van der Waals surface area contributed by atoms with E-state index in [1.54, 1.807) is 27.7 Å². The number of unbranched alkanes of at least 4 members (excludes halogenated alkanes) is 12. The molecule has 40 nitrogen and oxygen atoms in total. The Kier molecular flexibility index (Phi) is 54.7. The van der Waals surface area contributed by atoms with Gasteiger partial charge in [0.25, 0.3) is 0 Å². The first-order valence-corrected chi connectivity index (χ1v) is 55.3. The Bertz CT molecular complexity index is 3270. The van der Waals surface area contributed by atoms with E-state index in [9.17, 15) is 84.8 Å². The van der Waals surface area contributed by atoms with E-state index in [2.05, 4.69) is 0 Å². The summed E-state index contributed by atoms with van der Waals surface area (Å²) < 4.78 is 130. The average Bonchev–Trinajstić information content (AvgIpc) is 1.43. The van der Waals surface area contributed by atoms with Crippen LogP contribution >= 0.6 is 33.6 Å². The van der Waals surface area contributed by atoms with Gasteiger partial charge in [-0.15, -0.1) is 0 Å². The summed E-state index contributed by atoms with van der Waals surface area (Å²) in [5.41, 5.74) is 0. The molecule has 14 unspecified atom stereocenters. The molecular formula is C74H132O40P5S5-5. The second-order valence-corrected chi connectivity index (χ2v) is 45.1. The summed E-state index contributed by atoms with van der Waals surface area (Å²) in [4.78, 5) is 105. The largest absolute Gasteiger partial charge is 0.780 e. The van der Waals surface area contributed by atoms with E-state index < -0.39 is 202 Å². The monoisotopic (exact) mass is 1980 g/mol. The molecule has 728 valence electrons. The molecule has 6 heterocycles. The second-order valence-electron chi connectivity index (χ2n) is 31.5. The zero-order valence-electron chi connectivity index (χ0n) is 71.0. The number of aliphatic hydroxyl groups is 9. The molecule has 6 aliphatic rings. The van der Waals surface area contributed by atoms with Crippen molar-refractivity contribution in [3.8, 4) is 0 Å². The SMILES string of the molecule is COCCCOP([O-])(=S)O[C@@H]1C[C@H](OCCCCCCCC(=O)CO[C@@H]2OC(CO)[C@H](C)[C@H](O)C2C)OC1COP([O-])(=S)OCCCOP([O-])(=S)O[C@@H]1C[C@H](OCCCCCCCC(=O)CO[C@@H]2OC(CO)[C@H](O)[C@H](O)C2C)OC1COP([O-])(=S)OCCCOP([O-])(=S)OC1C[C@H](OCCCCCCCC(=O)CO[C@@H]2OC(CO)[C@H](O)[C@H](O)C2C)O[C@@H]1CO. The van der Waals surface area contributed by atoms with Gasteiger partial charge in [0.05, 0.1) is 115 Å². The summed E-state index contributed by atoms with van der Waals surface area (Å²) in [5, 5.41) is 89.9. The maximum atomic E-state index is 13.8. The highest BCUT2D eigenvalue weighted by Gasteiger charge is 2.47. The van der Waals surface area contributed by atoms with Gasteiger partial charge in [-0.05, 0) is 57.8 Å². The number of carbonyl (C=O) groups excluding carboxylic acids is 3. The summed E-state index contributed by atoms with van der Waals surface area (Å²) in [6.45, 7) is -18.6. The molecule has 0 amide bonds. The van der Waals surface area contributed by atoms with E-state index in [0.29, 0.717) is 77.4 Å². The van der Waals surface area contributed by atoms with Crippen LogP contribution in [0.1, 0.15) is 182 Å². The van der Waals surface area contributed by atoms with Crippen molar-refractivity contribution in [1.82, 2.24) is 0 Å². The summed E-state index contributed by atoms with van der Waals surface area (Å²) in [6, 6.07) is 0. The first kappa shape index (κ1) is 114. The van der Waals surface area contributed by atoms with Gasteiger partial charge in [-0.1, -0.05) is 145 Å². The molecule has 0 spiro atoms. The first-order valence-electron chi connectivity index (χ1n) is 42.5. The van der Waals surface area contributed by atoms with Crippen molar-refractivity contribution in [1.29, 1.82) is 0 Å². The van der Waals surface area contributed by atoms with Crippen LogP contribution in [0.4, 0.5) is 0 Å². The van der Waals surface area contributed by atoms with Crippen molar-refractivity contribution in [2.75, 3.05) is 126 Å². The van der Waals surface area contributed by atoms with Crippen molar-refractivity contribution < 1.29 is 192 Å². The molecule has 29 atom stereocenters. The van der Waals surface area contributed by atoms with Crippen LogP contribution in [0.15, 0.2) is 0 Å². The number of Topliss-reactive ketones (excluding diaryl/α,β-unsaturated/α-hetero) is 3. The van der Waals surface area contributed by atoms with Crippen molar-refractivity contribution in [3.63, 3.8) is 0 Å². The quantitative estimate of drug-likeness (QED) is 0.0309. The lowest BCUT2D eigenvalue weighted by Crippen LogP contribution is -2.55. The summed E-state index contributed by atoms with van der Waals surface area (Å²) in [7, 11) is 1.49. The van der Waals surface area contributed by atoms with Crippen molar-refractivity contribution in [3.05, 3.63) is 0 Å². The fourth-order valence-corrected chi connectivity index (χ4v) is 21.0. The molecule has 0 aromatic rings. The van der Waals surface area contributed by atoms with E-state index in [0.717, 1.165) is 44.9 Å². The lowest BCUT2D eigenvalue weighted by Gasteiger charge is -2.41. The van der Waals surface area contributed by atoms with E-state index in [-0.39, 0.29) is 147 Å². The van der Waals surface area contributed by atoms with Crippen LogP contribution in [-0.4, -0.2) is 313 Å². The number of hydrogen-bond acceptors (Lipinski definition) is 45. The number of aliphatic hydroxyl groups excluding tert-OH is 9. The van der Waals surface area contributed by atoms with Crippen LogP contribution in [0.2, 0.25) is 0 Å². The van der Waals surface area contributed by atoms with Gasteiger partial charge in [-0.25, -0.2) is 0 Å². The number of carbonyl (C=O) groups is 3. The zero-order valence-corrected chi connectivity index (χ0v) is 79.6. The fourth-order valence-electron chi connectivity index (χ4n) is 14.1. The van der Waals surface area contributed by atoms with Crippen LogP contribution in [-0.2, 0) is 180 Å². The number of ketones is 3. The van der Waals surface area contributed by atoms with Gasteiger partial charge in [-0.2, -0.15) is 0 Å². The highest BCUT2D eigenvalue weighted by Crippen LogP contribution is 2.49. The van der Waals surface area contributed by atoms with Gasteiger partial charge in [0.15, 0.2) is 55.1 Å². The van der Waals surface area contributed by atoms with Gasteiger partial charge >= 0.3 is 0 Å². The molecule has 0 aromatic heterocycles. The molecule has 124 heavy (non-hydrogen) atoms. The molecule has 0 aromatic carbocycles. The molecule has 0 saturated carbocycles. The standard InChI is InChI=1S/C74H137O40P5S5/c1-48-58(39-75)109-72(49(2)67(48)82)96-43-52(79)24-15-10-7-13-19-29-94-65-37-56(113-118(90,123)101-31-21-27-92-5)62(107-65)46-104-116(88,121)100-33-23-35-103-119(91,124)114-57-38-66(95-30-20-14-8-11-17-26-54(81)45-98-74-51(4)69(84)71(86)61(42-78)111-74)108-63(57)47-105-115(87,120)99-32-22-34-102-117(89,122)112-55-36-64(106-59(55)40-76)93-28-18-12-6-9-16-25-53(80)44-97-73-50(3)68(83)70(85)60(41-77)110-73/h48-51,55-78,82-86H,6-47H2,1-5H3,(H,87,120)(H,88,121)(H,89,122)(H,90,123)(H,91,124)/p-5/t48-,49?,50?,51?,55?,56+,57+,58?,59+,60?,61?,62?,63?,64+,65+,66+,67-,68+,69+,70-,71-,72+,73+,74+,115?,116?,117?,118?,119?/m0/s1. The molecule has 6 aliphatic heterocycles. The summed E-state index contributed by atoms with van der Waals surface area (Å²) >= 11 is 26.0. The fraction of sp³-hybridized carbons (Fsp3) is 0.959. The topological polar surface area (TPSA) is 561 Å². The predicted octanol–water partition coefficient (Wildman–Crippen LogP) is 1.67. The molecule has 9 N–H and O–H groups in total. The molecule has 0 bridgehead atoms. The molecule has 50 heteroatoms. The molecule has 0 aliphatic carbocycles. The van der Waals surface area contributed by atoms with Gasteiger partial charge in [0.1, 0.15) is 96.1 Å². The Morgan fingerprint density at radius 3 is 0.927 bits per heavy atom. The first-order chi connectivity index (χ1) is 58.9. The van der Waals surface area contributed by atoms with Gasteiger partial charge in [0, 0.05) is 95.7 Å².